The molecule has 1 aromatic rings. The Morgan fingerprint density at radius 2 is 2.29 bits per heavy atom. The summed E-state index contributed by atoms with van der Waals surface area (Å²) in [5, 5.41) is 12.3. The molecule has 6 heteroatoms. The van der Waals surface area contributed by atoms with Crippen LogP contribution in [0.3, 0.4) is 0 Å². The van der Waals surface area contributed by atoms with Crippen molar-refractivity contribution in [1.82, 2.24) is 10.2 Å². The van der Waals surface area contributed by atoms with Gasteiger partial charge in [0.2, 0.25) is 5.79 Å². The summed E-state index contributed by atoms with van der Waals surface area (Å²) in [7, 11) is 0. The van der Waals surface area contributed by atoms with Gasteiger partial charge in [0.25, 0.3) is 0 Å². The predicted molar refractivity (Wildman–Crippen MR) is 91.2 cm³/mol. The van der Waals surface area contributed by atoms with Gasteiger partial charge in [0.1, 0.15) is 5.75 Å². The van der Waals surface area contributed by atoms with Gasteiger partial charge < -0.3 is 15.2 Å². The average Bonchev–Trinajstić information content (AvgIpc) is 2.53. The van der Waals surface area contributed by atoms with Crippen LogP contribution < -0.4 is 10.1 Å². The van der Waals surface area contributed by atoms with Crippen molar-refractivity contribution < 1.29 is 19.0 Å². The summed E-state index contributed by atoms with van der Waals surface area (Å²) in [6.45, 7) is 4.74. The normalized spacial score (nSPS) is 24.0. The van der Waals surface area contributed by atoms with Crippen LogP contribution in [0.5, 0.6) is 5.75 Å². The van der Waals surface area contributed by atoms with Crippen LogP contribution in [0, 0.1) is 0 Å². The first kappa shape index (κ1) is 18.5. The van der Waals surface area contributed by atoms with E-state index in [1.165, 1.54) is 6.92 Å². The Kier molecular flexibility index (Phi) is 6.43. The molecule has 1 amide bonds. The number of amides is 1. The minimum atomic E-state index is -1.94. The summed E-state index contributed by atoms with van der Waals surface area (Å²) < 4.78 is 20.7. The van der Waals surface area contributed by atoms with Crippen molar-refractivity contribution in [3.05, 3.63) is 29.8 Å². The SMILES string of the molecule is CCCCCOc1cccc(CC2NCCN(C(=O)O)C2(C)F)c1. The second-order valence-corrected chi connectivity index (χ2v) is 6.37. The topological polar surface area (TPSA) is 61.8 Å². The number of hydrogen-bond donors (Lipinski definition) is 2. The lowest BCUT2D eigenvalue weighted by atomic mass is 9.95. The molecule has 1 heterocycles. The zero-order valence-corrected chi connectivity index (χ0v) is 14.4. The van der Waals surface area contributed by atoms with Crippen molar-refractivity contribution in [3.63, 3.8) is 0 Å². The summed E-state index contributed by atoms with van der Waals surface area (Å²) >= 11 is 0. The molecule has 5 nitrogen and oxygen atoms in total. The van der Waals surface area contributed by atoms with E-state index in [0.29, 0.717) is 19.6 Å². The van der Waals surface area contributed by atoms with E-state index in [-0.39, 0.29) is 6.54 Å². The first-order valence-corrected chi connectivity index (χ1v) is 8.59. The van der Waals surface area contributed by atoms with Crippen molar-refractivity contribution in [2.45, 2.75) is 51.4 Å². The molecule has 2 unspecified atom stereocenters. The first-order chi connectivity index (χ1) is 11.4. The number of nitrogens with zero attached hydrogens (tertiary/aromatic N) is 1. The molecule has 134 valence electrons. The fraction of sp³-hybridized carbons (Fsp3) is 0.611. The largest absolute Gasteiger partial charge is 0.494 e. The van der Waals surface area contributed by atoms with Crippen molar-refractivity contribution >= 4 is 6.09 Å². The fourth-order valence-electron chi connectivity index (χ4n) is 3.02. The minimum Gasteiger partial charge on any atom is -0.494 e. The van der Waals surface area contributed by atoms with Gasteiger partial charge >= 0.3 is 6.09 Å². The van der Waals surface area contributed by atoms with Gasteiger partial charge in [-0.25, -0.2) is 9.18 Å². The molecule has 2 atom stereocenters. The third-order valence-corrected chi connectivity index (χ3v) is 4.48. The van der Waals surface area contributed by atoms with Gasteiger partial charge in [0.05, 0.1) is 12.6 Å². The summed E-state index contributed by atoms with van der Waals surface area (Å²) in [4.78, 5) is 12.1. The lowest BCUT2D eigenvalue weighted by molar-refractivity contribution is -0.0543. The highest BCUT2D eigenvalue weighted by molar-refractivity contribution is 5.66. The van der Waals surface area contributed by atoms with Crippen molar-refractivity contribution in [3.8, 4) is 5.75 Å². The quantitative estimate of drug-likeness (QED) is 0.591. The number of piperazine rings is 1. The smallest absolute Gasteiger partial charge is 0.409 e. The molecule has 0 aromatic heterocycles. The first-order valence-electron chi connectivity index (χ1n) is 8.59. The number of hydrogen-bond acceptors (Lipinski definition) is 3. The maximum absolute atomic E-state index is 15.0. The molecule has 0 spiro atoms. The van der Waals surface area contributed by atoms with Crippen LogP contribution in [0.2, 0.25) is 0 Å². The number of benzene rings is 1. The lowest BCUT2D eigenvalue weighted by Crippen LogP contribution is -2.65. The number of halogens is 1. The number of nitrogens with one attached hydrogen (secondary N) is 1. The summed E-state index contributed by atoms with van der Waals surface area (Å²) in [6.07, 6.45) is 2.48. The Morgan fingerprint density at radius 1 is 1.50 bits per heavy atom. The highest BCUT2D eigenvalue weighted by Gasteiger charge is 2.45. The van der Waals surface area contributed by atoms with Crippen molar-refractivity contribution in [2.24, 2.45) is 0 Å². The van der Waals surface area contributed by atoms with E-state index in [2.05, 4.69) is 12.2 Å². The van der Waals surface area contributed by atoms with Gasteiger partial charge in [-0.3, -0.25) is 4.90 Å². The van der Waals surface area contributed by atoms with Crippen LogP contribution in [0.4, 0.5) is 9.18 Å². The van der Waals surface area contributed by atoms with E-state index in [1.807, 2.05) is 24.3 Å². The van der Waals surface area contributed by atoms with E-state index in [4.69, 9.17) is 4.74 Å². The van der Waals surface area contributed by atoms with E-state index >= 15 is 0 Å². The molecule has 2 rings (SSSR count). The number of carbonyl (C=O) groups is 1. The molecule has 24 heavy (non-hydrogen) atoms. The van der Waals surface area contributed by atoms with E-state index < -0.39 is 17.9 Å². The molecule has 1 aromatic carbocycles. The van der Waals surface area contributed by atoms with Crippen molar-refractivity contribution in [1.29, 1.82) is 0 Å². The van der Waals surface area contributed by atoms with Crippen LogP contribution in [-0.4, -0.2) is 47.6 Å². The number of ether oxygens (including phenoxy) is 1. The molecular formula is C18H27FN2O3. The minimum absolute atomic E-state index is 0.152. The maximum atomic E-state index is 15.0. The molecule has 2 N–H and O–H groups in total. The highest BCUT2D eigenvalue weighted by Crippen LogP contribution is 2.27. The second-order valence-electron chi connectivity index (χ2n) is 6.37. The second kappa shape index (κ2) is 8.33. The van der Waals surface area contributed by atoms with Crippen molar-refractivity contribution in [2.75, 3.05) is 19.7 Å². The number of rotatable bonds is 7. The predicted octanol–water partition coefficient (Wildman–Crippen LogP) is 3.44. The summed E-state index contributed by atoms with van der Waals surface area (Å²) in [5.74, 6) is -1.17. The zero-order chi connectivity index (χ0) is 17.6. The summed E-state index contributed by atoms with van der Waals surface area (Å²) in [5.41, 5.74) is 0.927. The molecule has 0 radical (unpaired) electrons. The molecule has 0 bridgehead atoms. The van der Waals surface area contributed by atoms with Gasteiger partial charge in [-0.2, -0.15) is 0 Å². The molecule has 1 saturated heterocycles. The van der Waals surface area contributed by atoms with Crippen LogP contribution in [-0.2, 0) is 6.42 Å². The Hall–Kier alpha value is -1.82. The Bertz CT molecular complexity index is 551. The molecule has 0 saturated carbocycles. The number of unbranched alkanes of at least 4 members (excludes halogenated alkanes) is 2. The molecule has 1 fully saturated rings. The molecular weight excluding hydrogens is 311 g/mol. The zero-order valence-electron chi connectivity index (χ0n) is 14.4. The van der Waals surface area contributed by atoms with Gasteiger partial charge in [-0.15, -0.1) is 0 Å². The Labute approximate surface area is 142 Å². The van der Waals surface area contributed by atoms with Crippen LogP contribution in [0.25, 0.3) is 0 Å². The fourth-order valence-corrected chi connectivity index (χ4v) is 3.02. The maximum Gasteiger partial charge on any atom is 0.409 e. The molecule has 1 aliphatic rings. The summed E-state index contributed by atoms with van der Waals surface area (Å²) in [6, 6.07) is 7.01. The third kappa shape index (κ3) is 4.60. The van der Waals surface area contributed by atoms with Crippen LogP contribution >= 0.6 is 0 Å². The number of carboxylic acid groups (broad SMARTS) is 1. The van der Waals surface area contributed by atoms with Crippen LogP contribution in [0.15, 0.2) is 24.3 Å². The van der Waals surface area contributed by atoms with E-state index in [1.54, 1.807) is 0 Å². The van der Waals surface area contributed by atoms with E-state index in [0.717, 1.165) is 35.5 Å². The van der Waals surface area contributed by atoms with Gasteiger partial charge in [-0.1, -0.05) is 31.9 Å². The highest BCUT2D eigenvalue weighted by atomic mass is 19.1. The molecule has 0 aliphatic carbocycles. The average molecular weight is 338 g/mol. The van der Waals surface area contributed by atoms with Crippen LogP contribution in [0.1, 0.15) is 38.7 Å². The van der Waals surface area contributed by atoms with Gasteiger partial charge in [-0.05, 0) is 37.5 Å². The Balaban J connectivity index is 2.00. The van der Waals surface area contributed by atoms with Gasteiger partial charge in [0, 0.05) is 13.1 Å². The third-order valence-electron chi connectivity index (χ3n) is 4.48. The molecule has 1 aliphatic heterocycles. The lowest BCUT2D eigenvalue weighted by Gasteiger charge is -2.43. The van der Waals surface area contributed by atoms with E-state index in [9.17, 15) is 14.3 Å². The standard InChI is InChI=1S/C18H27FN2O3/c1-3-4-5-11-24-15-8-6-7-14(12-15)13-16-18(2,19)21(17(22)23)10-9-20-16/h6-8,12,16,20H,3-5,9-11,13H2,1-2H3,(H,22,23). The van der Waals surface area contributed by atoms with Gasteiger partial charge in [0.15, 0.2) is 0 Å². The monoisotopic (exact) mass is 338 g/mol. The number of alkyl halides is 1. The Morgan fingerprint density at radius 3 is 3.00 bits per heavy atom.